The maximum atomic E-state index is 12.2. The van der Waals surface area contributed by atoms with Crippen LogP contribution in [-0.4, -0.2) is 41.7 Å². The molecule has 0 amide bonds. The van der Waals surface area contributed by atoms with Crippen molar-refractivity contribution in [3.63, 3.8) is 0 Å². The maximum Gasteiger partial charge on any atom is 0.354 e. The van der Waals surface area contributed by atoms with Gasteiger partial charge in [0.1, 0.15) is 5.69 Å². The number of hydrogen-bond donors (Lipinski definition) is 0. The summed E-state index contributed by atoms with van der Waals surface area (Å²) in [6, 6.07) is 10.0. The highest BCUT2D eigenvalue weighted by atomic mass is 35.5. The Morgan fingerprint density at radius 1 is 1.18 bits per heavy atom. The summed E-state index contributed by atoms with van der Waals surface area (Å²) in [7, 11) is 0. The Morgan fingerprint density at radius 2 is 1.86 bits per heavy atom. The lowest BCUT2D eigenvalue weighted by Gasteiger charge is -2.19. The Bertz CT molecular complexity index is 606. The first-order chi connectivity index (χ1) is 10.2. The van der Waals surface area contributed by atoms with E-state index in [4.69, 9.17) is 4.74 Å². The summed E-state index contributed by atoms with van der Waals surface area (Å²) in [5.41, 5.74) is 1.73. The second-order valence-corrected chi connectivity index (χ2v) is 4.99. The van der Waals surface area contributed by atoms with Gasteiger partial charge in [0.2, 0.25) is 0 Å². The van der Waals surface area contributed by atoms with Crippen molar-refractivity contribution in [3.05, 3.63) is 36.0 Å². The number of para-hydroxylation sites is 1. The van der Waals surface area contributed by atoms with Crippen molar-refractivity contribution < 1.29 is 21.9 Å². The summed E-state index contributed by atoms with van der Waals surface area (Å²) in [4.78, 5) is 14.5. The van der Waals surface area contributed by atoms with Crippen molar-refractivity contribution >= 4 is 16.9 Å². The van der Waals surface area contributed by atoms with Gasteiger partial charge in [0.25, 0.3) is 0 Å². The summed E-state index contributed by atoms with van der Waals surface area (Å²) in [6.45, 7) is 10.3. The Labute approximate surface area is 138 Å². The predicted octanol–water partition coefficient (Wildman–Crippen LogP) is 0.164. The minimum atomic E-state index is -0.242. The lowest BCUT2D eigenvalue weighted by Crippen LogP contribution is -3.00. The molecule has 0 atom stereocenters. The van der Waals surface area contributed by atoms with E-state index in [-0.39, 0.29) is 18.4 Å². The Balaban J connectivity index is 0.00000242. The number of carbonyl (C=O) groups is 1. The molecule has 0 saturated carbocycles. The van der Waals surface area contributed by atoms with Crippen LogP contribution < -0.4 is 12.4 Å². The van der Waals surface area contributed by atoms with Crippen LogP contribution in [0.2, 0.25) is 0 Å². The lowest BCUT2D eigenvalue weighted by atomic mass is 10.2. The van der Waals surface area contributed by atoms with E-state index in [0.717, 1.165) is 37.1 Å². The average molecular weight is 324 g/mol. The summed E-state index contributed by atoms with van der Waals surface area (Å²) < 4.78 is 7.26. The van der Waals surface area contributed by atoms with Crippen LogP contribution in [-0.2, 0) is 11.3 Å². The van der Waals surface area contributed by atoms with Crippen molar-refractivity contribution in [1.29, 1.82) is 0 Å². The second-order valence-electron chi connectivity index (χ2n) is 4.99. The van der Waals surface area contributed by atoms with E-state index < -0.39 is 0 Å². The number of nitrogens with zero attached hydrogens (tertiary/aromatic N) is 2. The summed E-state index contributed by atoms with van der Waals surface area (Å²) in [5, 5.41) is 1.08. The van der Waals surface area contributed by atoms with E-state index >= 15 is 0 Å². The molecule has 122 valence electrons. The molecule has 0 spiro atoms. The Hall–Kier alpha value is -1.52. The summed E-state index contributed by atoms with van der Waals surface area (Å²) >= 11 is 0. The second kappa shape index (κ2) is 8.81. The first kappa shape index (κ1) is 18.5. The van der Waals surface area contributed by atoms with Crippen LogP contribution >= 0.6 is 0 Å². The third-order valence-corrected chi connectivity index (χ3v) is 3.83. The van der Waals surface area contributed by atoms with E-state index in [0.29, 0.717) is 12.3 Å². The zero-order chi connectivity index (χ0) is 15.2. The fraction of sp³-hybridized carbons (Fsp3) is 0.471. The molecular weight excluding hydrogens is 300 g/mol. The molecule has 5 heteroatoms. The van der Waals surface area contributed by atoms with Crippen molar-refractivity contribution in [2.45, 2.75) is 27.3 Å². The minimum absolute atomic E-state index is 0. The molecule has 1 heterocycles. The van der Waals surface area contributed by atoms with E-state index in [1.54, 1.807) is 0 Å². The van der Waals surface area contributed by atoms with Gasteiger partial charge < -0.3 is 26.6 Å². The number of ether oxygens (including phenoxy) is 1. The quantitative estimate of drug-likeness (QED) is 0.681. The van der Waals surface area contributed by atoms with Gasteiger partial charge in [-0.25, -0.2) is 4.79 Å². The summed E-state index contributed by atoms with van der Waals surface area (Å²) in [6.07, 6.45) is 0. The van der Waals surface area contributed by atoms with Crippen LogP contribution in [0.15, 0.2) is 30.3 Å². The molecule has 1 aromatic carbocycles. The molecule has 22 heavy (non-hydrogen) atoms. The molecular formula is C17H24ClN2O2-. The van der Waals surface area contributed by atoms with Gasteiger partial charge >= 0.3 is 5.97 Å². The molecule has 1 aromatic heterocycles. The van der Waals surface area contributed by atoms with Gasteiger partial charge in [0.15, 0.2) is 0 Å². The highest BCUT2D eigenvalue weighted by Gasteiger charge is 2.16. The molecule has 2 rings (SSSR count). The topological polar surface area (TPSA) is 34.5 Å². The van der Waals surface area contributed by atoms with Gasteiger partial charge in [-0.3, -0.25) is 0 Å². The van der Waals surface area contributed by atoms with E-state index in [1.807, 2.05) is 31.2 Å². The molecule has 0 fully saturated rings. The number of benzene rings is 1. The number of hydrogen-bond acceptors (Lipinski definition) is 3. The molecule has 0 N–H and O–H groups in total. The third kappa shape index (κ3) is 4.02. The molecule has 0 aliphatic heterocycles. The number of esters is 1. The van der Waals surface area contributed by atoms with Crippen LogP contribution in [0.25, 0.3) is 10.9 Å². The number of rotatable bonds is 7. The lowest BCUT2D eigenvalue weighted by molar-refractivity contribution is -0.0000227. The monoisotopic (exact) mass is 323 g/mol. The van der Waals surface area contributed by atoms with Crippen molar-refractivity contribution in [2.24, 2.45) is 0 Å². The first-order valence-electron chi connectivity index (χ1n) is 7.69. The Kier molecular flexibility index (Phi) is 7.42. The van der Waals surface area contributed by atoms with Gasteiger partial charge in [-0.05, 0) is 32.1 Å². The highest BCUT2D eigenvalue weighted by molar-refractivity contribution is 5.95. The van der Waals surface area contributed by atoms with E-state index in [2.05, 4.69) is 29.4 Å². The SMILES string of the molecule is CCOC(=O)c1cc2ccccc2n1CCN(CC)CC.[Cl-]. The largest absolute Gasteiger partial charge is 1.00 e. The molecule has 0 aliphatic rings. The van der Waals surface area contributed by atoms with Crippen LogP contribution in [0.5, 0.6) is 0 Å². The van der Waals surface area contributed by atoms with Crippen molar-refractivity contribution in [2.75, 3.05) is 26.2 Å². The van der Waals surface area contributed by atoms with Gasteiger partial charge in [0.05, 0.1) is 6.61 Å². The number of carbonyl (C=O) groups excluding carboxylic acids is 1. The number of halogens is 1. The van der Waals surface area contributed by atoms with E-state index in [9.17, 15) is 4.79 Å². The number of fused-ring (bicyclic) bond motifs is 1. The first-order valence-corrected chi connectivity index (χ1v) is 7.69. The van der Waals surface area contributed by atoms with Gasteiger partial charge in [-0.1, -0.05) is 32.0 Å². The van der Waals surface area contributed by atoms with Crippen molar-refractivity contribution in [3.8, 4) is 0 Å². The van der Waals surface area contributed by atoms with Gasteiger partial charge in [-0.2, -0.15) is 0 Å². The van der Waals surface area contributed by atoms with Crippen LogP contribution in [0.4, 0.5) is 0 Å². The van der Waals surface area contributed by atoms with Crippen LogP contribution in [0.3, 0.4) is 0 Å². The van der Waals surface area contributed by atoms with Crippen molar-refractivity contribution in [1.82, 2.24) is 9.47 Å². The molecule has 0 saturated heterocycles. The minimum Gasteiger partial charge on any atom is -1.00 e. The highest BCUT2D eigenvalue weighted by Crippen LogP contribution is 2.20. The Morgan fingerprint density at radius 3 is 2.50 bits per heavy atom. The van der Waals surface area contributed by atoms with Gasteiger partial charge in [0, 0.05) is 24.0 Å². The average Bonchev–Trinajstić information content (AvgIpc) is 2.87. The fourth-order valence-electron chi connectivity index (χ4n) is 2.61. The normalized spacial score (nSPS) is 10.7. The fourth-order valence-corrected chi connectivity index (χ4v) is 2.61. The maximum absolute atomic E-state index is 12.2. The van der Waals surface area contributed by atoms with Gasteiger partial charge in [-0.15, -0.1) is 0 Å². The number of likely N-dealkylation sites (N-methyl/N-ethyl adjacent to an activating group) is 1. The van der Waals surface area contributed by atoms with Crippen LogP contribution in [0, 0.1) is 0 Å². The molecule has 2 aromatic rings. The number of aromatic nitrogens is 1. The predicted molar refractivity (Wildman–Crippen MR) is 85.7 cm³/mol. The molecule has 0 bridgehead atoms. The third-order valence-electron chi connectivity index (χ3n) is 3.83. The molecule has 0 aliphatic carbocycles. The zero-order valence-electron chi connectivity index (χ0n) is 13.5. The standard InChI is InChI=1S/C17H24N2O2.ClH/c1-4-18(5-2)11-12-19-15-10-8-7-9-14(15)13-16(19)17(20)21-6-3;/h7-10,13H,4-6,11-12H2,1-3H3;1H/p-1. The molecule has 0 radical (unpaired) electrons. The molecule has 4 nitrogen and oxygen atoms in total. The smallest absolute Gasteiger partial charge is 0.354 e. The zero-order valence-corrected chi connectivity index (χ0v) is 14.3. The molecule has 0 unspecified atom stereocenters. The summed E-state index contributed by atoms with van der Waals surface area (Å²) in [5.74, 6) is -0.242. The van der Waals surface area contributed by atoms with Crippen LogP contribution in [0.1, 0.15) is 31.3 Å². The van der Waals surface area contributed by atoms with E-state index in [1.165, 1.54) is 0 Å².